The van der Waals surface area contributed by atoms with E-state index in [0.29, 0.717) is 0 Å². The minimum atomic E-state index is -0.532. The molecule has 2 aliphatic carbocycles. The Morgan fingerprint density at radius 2 is 0.451 bits per heavy atom. The molecule has 6 nitrogen and oxygen atoms in total. The van der Waals surface area contributed by atoms with E-state index >= 15 is 0 Å². The fourth-order valence-corrected chi connectivity index (χ4v) is 15.7. The lowest BCUT2D eigenvalue weighted by molar-refractivity contribution is 0.00578. The molecule has 5 aliphatic rings. The molecule has 3 aliphatic heterocycles. The van der Waals surface area contributed by atoms with Crippen molar-refractivity contribution in [1.29, 1.82) is 0 Å². The van der Waals surface area contributed by atoms with Gasteiger partial charge in [-0.1, -0.05) is 283 Å². The molecule has 10 heteroatoms. The topological polar surface area (TPSA) is 55.4 Å². The standard InChI is InChI=1S/C43H37BO2.C37H25Br.C12H24B2O4/c1-41(2)42(3,4)46-44(45-41)36-24-22-35(23-25-36)43(34-18-12-7-13-19-34)39-28-32(30-14-8-5-9-15-30)20-26-37(39)38-27-21-33(29-40(38)43)31-16-10-6-11-17-31;38-32-20-18-31(19-21-32)37(30-14-8-3-9-15-30)35-24-28(26-10-4-1-5-11-26)16-22-33(35)34-23-17-29(25-36(34)37)27-12-6-2-7-13-27;1-9(2)10(3,4)16-13(15-9)14-17-11(5,6)12(7,8)18-14/h5-29H,1-4H3;1-25H;1-8H3. The lowest BCUT2D eigenvalue weighted by Gasteiger charge is -2.34. The Morgan fingerprint density at radius 1 is 0.225 bits per heavy atom. The highest BCUT2D eigenvalue weighted by Gasteiger charge is 2.64. The minimum Gasteiger partial charge on any atom is -0.405 e. The van der Waals surface area contributed by atoms with E-state index in [0.717, 1.165) is 9.94 Å². The van der Waals surface area contributed by atoms with Crippen molar-refractivity contribution >= 4 is 42.5 Å². The Morgan fingerprint density at radius 3 is 0.716 bits per heavy atom. The van der Waals surface area contributed by atoms with Crippen molar-refractivity contribution < 1.29 is 27.9 Å². The van der Waals surface area contributed by atoms with Crippen LogP contribution in [0.5, 0.6) is 0 Å². The normalized spacial score (nSPS) is 18.2. The predicted molar refractivity (Wildman–Crippen MR) is 425 cm³/mol. The van der Waals surface area contributed by atoms with Gasteiger partial charge in [0.25, 0.3) is 0 Å². The summed E-state index contributed by atoms with van der Waals surface area (Å²) in [4.78, 5) is 0. The van der Waals surface area contributed by atoms with Crippen LogP contribution in [0.2, 0.25) is 0 Å². The zero-order chi connectivity index (χ0) is 71.0. The summed E-state index contributed by atoms with van der Waals surface area (Å²) < 4.78 is 37.8. The molecule has 0 atom stereocenters. The smallest absolute Gasteiger partial charge is 0.405 e. The molecule has 0 amide bonds. The summed E-state index contributed by atoms with van der Waals surface area (Å²) in [5.74, 6) is 0. The van der Waals surface area contributed by atoms with Crippen LogP contribution in [0.4, 0.5) is 0 Å². The first-order valence-electron chi connectivity index (χ1n) is 35.8. The second-order valence-corrected chi connectivity index (χ2v) is 31.6. The maximum absolute atomic E-state index is 6.44. The Balaban J connectivity index is 0.000000135. The molecule has 3 saturated heterocycles. The van der Waals surface area contributed by atoms with Crippen molar-refractivity contribution in [3.8, 4) is 66.8 Å². The summed E-state index contributed by atoms with van der Waals surface area (Å²) in [5.41, 5.74) is 23.0. The van der Waals surface area contributed by atoms with Crippen LogP contribution in [0, 0.1) is 0 Å². The van der Waals surface area contributed by atoms with Crippen LogP contribution < -0.4 is 5.46 Å². The average molecular weight is 1400 g/mol. The summed E-state index contributed by atoms with van der Waals surface area (Å²) >= 11 is 3.68. The van der Waals surface area contributed by atoms with Crippen LogP contribution in [0.15, 0.2) is 308 Å². The Bertz CT molecular complexity index is 4750. The van der Waals surface area contributed by atoms with Gasteiger partial charge in [0.1, 0.15) is 0 Å². The molecule has 0 radical (unpaired) electrons. The molecule has 0 aromatic heterocycles. The highest BCUT2D eigenvalue weighted by Crippen LogP contribution is 2.60. The zero-order valence-electron chi connectivity index (χ0n) is 60.4. The van der Waals surface area contributed by atoms with E-state index in [1.807, 2.05) is 55.4 Å². The monoisotopic (exact) mass is 1400 g/mol. The number of hydrogen-bond donors (Lipinski definition) is 0. The van der Waals surface area contributed by atoms with E-state index in [1.165, 1.54) is 111 Å². The summed E-state index contributed by atoms with van der Waals surface area (Å²) in [6.45, 7) is 24.6. The fraction of sp³-hybridized carbons (Fsp3) is 0.217. The molecule has 12 aromatic carbocycles. The SMILES string of the molecule is Brc1ccc(C2(c3ccccc3)c3cc(-c4ccccc4)ccc3-c3ccc(-c4ccccc4)cc32)cc1.CC1(C)OB(B2OC(C)(C)C(C)(C)O2)OC1(C)C.CC1(C)OB(c2ccc(C3(c4ccccc4)c4cc(-c5ccccc5)ccc4-c4ccc(-c5ccccc5)cc43)cc2)OC1(C)C. The first-order chi connectivity index (χ1) is 48.9. The van der Waals surface area contributed by atoms with Gasteiger partial charge in [-0.25, -0.2) is 0 Å². The van der Waals surface area contributed by atoms with E-state index in [4.69, 9.17) is 27.9 Å². The molecule has 0 unspecified atom stereocenters. The number of rotatable bonds is 10. The maximum atomic E-state index is 6.44. The van der Waals surface area contributed by atoms with Gasteiger partial charge in [0.05, 0.1) is 44.4 Å². The van der Waals surface area contributed by atoms with E-state index in [9.17, 15) is 0 Å². The van der Waals surface area contributed by atoms with Crippen LogP contribution >= 0.6 is 15.9 Å². The fourth-order valence-electron chi connectivity index (χ4n) is 15.4. The lowest BCUT2D eigenvalue weighted by atomic mass is 9.49. The van der Waals surface area contributed by atoms with Gasteiger partial charge in [-0.05, 0) is 236 Å². The molecule has 0 spiro atoms. The molecular weight excluding hydrogens is 1310 g/mol. The average Bonchev–Trinajstić information content (AvgIpc) is 1.53. The van der Waals surface area contributed by atoms with Gasteiger partial charge in [0, 0.05) is 4.47 Å². The van der Waals surface area contributed by atoms with Crippen LogP contribution in [0.25, 0.3) is 66.8 Å². The molecule has 3 fully saturated rings. The second kappa shape index (κ2) is 26.4. The molecule has 17 rings (SSSR count). The Labute approximate surface area is 613 Å². The Hall–Kier alpha value is -8.93. The molecule has 0 bridgehead atoms. The summed E-state index contributed by atoms with van der Waals surface area (Å²) in [7, 11) is -1.36. The van der Waals surface area contributed by atoms with Crippen molar-refractivity contribution in [3.05, 3.63) is 352 Å². The third kappa shape index (κ3) is 12.0. The molecule has 0 saturated carbocycles. The van der Waals surface area contributed by atoms with Crippen LogP contribution in [0.1, 0.15) is 128 Å². The second-order valence-electron chi connectivity index (χ2n) is 30.7. The van der Waals surface area contributed by atoms with Crippen molar-refractivity contribution in [2.75, 3.05) is 0 Å². The number of halogens is 1. The van der Waals surface area contributed by atoms with E-state index in [-0.39, 0.29) is 22.4 Å². The lowest BCUT2D eigenvalue weighted by Crippen LogP contribution is -2.41. The summed E-state index contributed by atoms with van der Waals surface area (Å²) in [6, 6.07) is 111. The van der Waals surface area contributed by atoms with Crippen molar-refractivity contribution in [3.63, 3.8) is 0 Å². The van der Waals surface area contributed by atoms with Crippen LogP contribution in [-0.2, 0) is 38.8 Å². The van der Waals surface area contributed by atoms with Crippen LogP contribution in [0.3, 0.4) is 0 Å². The van der Waals surface area contributed by atoms with Crippen molar-refractivity contribution in [1.82, 2.24) is 0 Å². The van der Waals surface area contributed by atoms with E-state index in [1.54, 1.807) is 0 Å². The number of hydrogen-bond acceptors (Lipinski definition) is 6. The van der Waals surface area contributed by atoms with Gasteiger partial charge < -0.3 is 27.9 Å². The first kappa shape index (κ1) is 68.8. The van der Waals surface area contributed by atoms with Gasteiger partial charge in [-0.2, -0.15) is 0 Å². The quantitative estimate of drug-likeness (QED) is 0.127. The summed E-state index contributed by atoms with van der Waals surface area (Å²) in [6.07, 6.45) is 0. The van der Waals surface area contributed by atoms with Gasteiger partial charge in [-0.3, -0.25) is 0 Å². The van der Waals surface area contributed by atoms with Gasteiger partial charge >= 0.3 is 21.1 Å². The molecule has 102 heavy (non-hydrogen) atoms. The number of benzene rings is 12. The van der Waals surface area contributed by atoms with Crippen molar-refractivity contribution in [2.24, 2.45) is 0 Å². The van der Waals surface area contributed by atoms with Gasteiger partial charge in [0.15, 0.2) is 0 Å². The molecule has 3 heterocycles. The molecular formula is C92H86B3BrO6. The van der Waals surface area contributed by atoms with Gasteiger partial charge in [0.2, 0.25) is 0 Å². The Kier molecular flexibility index (Phi) is 17.8. The third-order valence-electron chi connectivity index (χ3n) is 23.0. The number of fused-ring (bicyclic) bond motifs is 6. The molecule has 0 N–H and O–H groups in total. The van der Waals surface area contributed by atoms with Crippen molar-refractivity contribution in [2.45, 2.75) is 128 Å². The van der Waals surface area contributed by atoms with Crippen LogP contribution in [-0.4, -0.2) is 54.7 Å². The summed E-state index contributed by atoms with van der Waals surface area (Å²) in [5, 5.41) is 0. The minimum absolute atomic E-state index is 0.360. The highest BCUT2D eigenvalue weighted by molar-refractivity contribution is 9.10. The van der Waals surface area contributed by atoms with Gasteiger partial charge in [-0.15, -0.1) is 0 Å². The molecule has 506 valence electrons. The largest absolute Gasteiger partial charge is 0.494 e. The van der Waals surface area contributed by atoms with E-state index in [2.05, 4.69) is 347 Å². The molecule has 12 aromatic rings. The third-order valence-corrected chi connectivity index (χ3v) is 23.6. The zero-order valence-corrected chi connectivity index (χ0v) is 62.0. The first-order valence-corrected chi connectivity index (χ1v) is 36.6. The predicted octanol–water partition coefficient (Wildman–Crippen LogP) is 22.1. The van der Waals surface area contributed by atoms with E-state index < -0.39 is 43.2 Å². The highest BCUT2D eigenvalue weighted by atomic mass is 79.9. The maximum Gasteiger partial charge on any atom is 0.494 e.